The van der Waals surface area contributed by atoms with Crippen molar-refractivity contribution in [3.63, 3.8) is 0 Å². The first-order valence-electron chi connectivity index (χ1n) is 5.25. The third kappa shape index (κ3) is 3.51. The molecule has 0 aromatic heterocycles. The minimum absolute atomic E-state index is 0.284. The van der Waals surface area contributed by atoms with Crippen LogP contribution in [0.5, 0.6) is 0 Å². The number of ether oxygens (including phenoxy) is 1. The van der Waals surface area contributed by atoms with E-state index in [1.807, 2.05) is 6.92 Å². The predicted molar refractivity (Wildman–Crippen MR) is 55.8 cm³/mol. The first kappa shape index (κ1) is 11.3. The molecule has 0 N–H and O–H groups in total. The van der Waals surface area contributed by atoms with Crippen LogP contribution in [0.3, 0.4) is 0 Å². The molecule has 0 aliphatic heterocycles. The highest BCUT2D eigenvalue weighted by Crippen LogP contribution is 2.26. The van der Waals surface area contributed by atoms with Gasteiger partial charge in [0.25, 0.3) is 0 Å². The molecule has 0 atom stereocenters. The van der Waals surface area contributed by atoms with E-state index in [9.17, 15) is 4.79 Å². The summed E-state index contributed by atoms with van der Waals surface area (Å²) in [6, 6.07) is 0. The molecule has 0 radical (unpaired) electrons. The Morgan fingerprint density at radius 1 is 1.36 bits per heavy atom. The van der Waals surface area contributed by atoms with Gasteiger partial charge in [-0.2, -0.15) is 0 Å². The van der Waals surface area contributed by atoms with Crippen LogP contribution in [0.2, 0.25) is 0 Å². The van der Waals surface area contributed by atoms with Crippen molar-refractivity contribution in [3.05, 3.63) is 0 Å². The molecule has 0 amide bonds. The Hall–Kier alpha value is -0.810. The maximum absolute atomic E-state index is 11.1. The quantitative estimate of drug-likeness (QED) is 0.644. The zero-order valence-corrected chi connectivity index (χ0v) is 9.01. The van der Waals surface area contributed by atoms with Crippen LogP contribution in [0.25, 0.3) is 0 Å². The molecule has 1 aliphatic rings. The van der Waals surface area contributed by atoms with Gasteiger partial charge in [0, 0.05) is 5.92 Å². The lowest BCUT2D eigenvalue weighted by atomic mass is 9.85. The minimum atomic E-state index is 0.284. The molecular weight excluding hydrogens is 176 g/mol. The normalized spacial score (nSPS) is 26.4. The molecule has 0 aromatic rings. The number of hydrogen-bond acceptors (Lipinski definition) is 2. The van der Waals surface area contributed by atoms with Crippen LogP contribution in [0.15, 0.2) is 0 Å². The van der Waals surface area contributed by atoms with E-state index in [0.717, 1.165) is 25.7 Å². The number of carbonyl (C=O) groups is 1. The average molecular weight is 194 g/mol. The van der Waals surface area contributed by atoms with Crippen molar-refractivity contribution >= 4 is 5.78 Å². The van der Waals surface area contributed by atoms with E-state index in [1.54, 1.807) is 6.92 Å². The lowest BCUT2D eigenvalue weighted by Crippen LogP contribution is -2.25. The third-order valence-electron chi connectivity index (χ3n) is 2.82. The highest BCUT2D eigenvalue weighted by Gasteiger charge is 2.23. The molecule has 1 aliphatic carbocycles. The van der Waals surface area contributed by atoms with Gasteiger partial charge in [0.05, 0.1) is 6.10 Å². The molecule has 14 heavy (non-hydrogen) atoms. The number of Topliss-reactive ketones (excluding diaryl/α,β-unsaturated/α-hetero) is 1. The van der Waals surface area contributed by atoms with E-state index in [2.05, 4.69) is 11.8 Å². The van der Waals surface area contributed by atoms with Crippen LogP contribution in [0.1, 0.15) is 39.5 Å². The fourth-order valence-electron chi connectivity index (χ4n) is 1.87. The summed E-state index contributed by atoms with van der Waals surface area (Å²) in [6.45, 7) is 4.04. The summed E-state index contributed by atoms with van der Waals surface area (Å²) in [4.78, 5) is 11.1. The Labute approximate surface area is 86.0 Å². The van der Waals surface area contributed by atoms with Crippen LogP contribution >= 0.6 is 0 Å². The molecule has 0 saturated heterocycles. The van der Waals surface area contributed by atoms with E-state index in [1.165, 1.54) is 0 Å². The average Bonchev–Trinajstić information content (AvgIpc) is 2.19. The van der Waals surface area contributed by atoms with E-state index in [4.69, 9.17) is 4.74 Å². The van der Waals surface area contributed by atoms with Crippen molar-refractivity contribution in [1.29, 1.82) is 0 Å². The molecule has 78 valence electrons. The Morgan fingerprint density at radius 2 is 2.00 bits per heavy atom. The van der Waals surface area contributed by atoms with E-state index >= 15 is 0 Å². The summed E-state index contributed by atoms with van der Waals surface area (Å²) < 4.78 is 5.57. The molecule has 0 spiro atoms. The van der Waals surface area contributed by atoms with Gasteiger partial charge in [0.2, 0.25) is 0 Å². The summed E-state index contributed by atoms with van der Waals surface area (Å²) in [7, 11) is 0. The maximum Gasteiger partial charge on any atom is 0.132 e. The molecule has 0 aromatic carbocycles. The molecule has 1 rings (SSSR count). The second kappa shape index (κ2) is 5.82. The van der Waals surface area contributed by atoms with Gasteiger partial charge in [0.15, 0.2) is 0 Å². The number of carbonyl (C=O) groups excluding carboxylic acids is 1. The Bertz CT molecular complexity index is 239. The number of hydrogen-bond donors (Lipinski definition) is 0. The molecule has 0 heterocycles. The fraction of sp³-hybridized carbons (Fsp3) is 0.750. The second-order valence-electron chi connectivity index (χ2n) is 3.82. The highest BCUT2D eigenvalue weighted by molar-refractivity contribution is 5.78. The second-order valence-corrected chi connectivity index (χ2v) is 3.82. The van der Waals surface area contributed by atoms with Crippen LogP contribution in [-0.4, -0.2) is 18.5 Å². The zero-order valence-electron chi connectivity index (χ0n) is 9.01. The molecule has 2 nitrogen and oxygen atoms in total. The summed E-state index contributed by atoms with van der Waals surface area (Å²) >= 11 is 0. The van der Waals surface area contributed by atoms with Crippen LogP contribution in [0, 0.1) is 17.8 Å². The SMILES string of the molecule is CC#CCOC1CCC(C(C)=O)CC1. The standard InChI is InChI=1S/C12H18O2/c1-3-4-9-14-12-7-5-11(6-8-12)10(2)13/h11-12H,5-9H2,1-2H3. The van der Waals surface area contributed by atoms with Crippen LogP contribution < -0.4 is 0 Å². The Morgan fingerprint density at radius 3 is 2.50 bits per heavy atom. The van der Waals surface area contributed by atoms with Gasteiger partial charge >= 0.3 is 0 Å². The molecule has 0 bridgehead atoms. The van der Waals surface area contributed by atoms with Crippen molar-refractivity contribution in [2.45, 2.75) is 45.6 Å². The van der Waals surface area contributed by atoms with Gasteiger partial charge in [-0.15, -0.1) is 5.92 Å². The summed E-state index contributed by atoms with van der Waals surface area (Å²) in [5.74, 6) is 6.31. The summed E-state index contributed by atoms with van der Waals surface area (Å²) in [6.07, 6.45) is 4.32. The Balaban J connectivity index is 2.21. The van der Waals surface area contributed by atoms with Crippen molar-refractivity contribution in [2.24, 2.45) is 5.92 Å². The van der Waals surface area contributed by atoms with Gasteiger partial charge in [0.1, 0.15) is 12.4 Å². The van der Waals surface area contributed by atoms with Gasteiger partial charge < -0.3 is 4.74 Å². The molecular formula is C12H18O2. The van der Waals surface area contributed by atoms with Gasteiger partial charge in [-0.1, -0.05) is 5.92 Å². The summed E-state index contributed by atoms with van der Waals surface area (Å²) in [5.41, 5.74) is 0. The van der Waals surface area contributed by atoms with Gasteiger partial charge in [-0.05, 0) is 39.5 Å². The molecule has 0 unspecified atom stereocenters. The molecule has 1 fully saturated rings. The first-order valence-corrected chi connectivity index (χ1v) is 5.25. The summed E-state index contributed by atoms with van der Waals surface area (Å²) in [5, 5.41) is 0. The monoisotopic (exact) mass is 194 g/mol. The van der Waals surface area contributed by atoms with Crippen molar-refractivity contribution in [1.82, 2.24) is 0 Å². The molecule has 2 heteroatoms. The van der Waals surface area contributed by atoms with Gasteiger partial charge in [-0.25, -0.2) is 0 Å². The Kier molecular flexibility index (Phi) is 4.69. The maximum atomic E-state index is 11.1. The first-order chi connectivity index (χ1) is 6.74. The number of rotatable bonds is 3. The molecule has 1 saturated carbocycles. The smallest absolute Gasteiger partial charge is 0.132 e. The fourth-order valence-corrected chi connectivity index (χ4v) is 1.87. The highest BCUT2D eigenvalue weighted by atomic mass is 16.5. The van der Waals surface area contributed by atoms with Crippen molar-refractivity contribution < 1.29 is 9.53 Å². The minimum Gasteiger partial charge on any atom is -0.366 e. The van der Waals surface area contributed by atoms with Crippen LogP contribution in [0.4, 0.5) is 0 Å². The van der Waals surface area contributed by atoms with E-state index in [-0.39, 0.29) is 5.92 Å². The van der Waals surface area contributed by atoms with Gasteiger partial charge in [-0.3, -0.25) is 4.79 Å². The van der Waals surface area contributed by atoms with Crippen LogP contribution in [-0.2, 0) is 9.53 Å². The largest absolute Gasteiger partial charge is 0.366 e. The predicted octanol–water partition coefficient (Wildman–Crippen LogP) is 2.17. The lowest BCUT2D eigenvalue weighted by molar-refractivity contribution is -0.122. The van der Waals surface area contributed by atoms with Crippen molar-refractivity contribution in [2.75, 3.05) is 6.61 Å². The topological polar surface area (TPSA) is 26.3 Å². The zero-order chi connectivity index (χ0) is 10.4. The lowest BCUT2D eigenvalue weighted by Gasteiger charge is -2.26. The van der Waals surface area contributed by atoms with Crippen molar-refractivity contribution in [3.8, 4) is 11.8 Å². The van der Waals surface area contributed by atoms with E-state index < -0.39 is 0 Å². The van der Waals surface area contributed by atoms with E-state index in [0.29, 0.717) is 18.5 Å². The number of ketones is 1. The third-order valence-corrected chi connectivity index (χ3v) is 2.82.